The smallest absolute Gasteiger partial charge is 0.253 e. The monoisotopic (exact) mass is 235 g/mol. The van der Waals surface area contributed by atoms with Crippen molar-refractivity contribution >= 4 is 5.91 Å². The third-order valence-electron chi connectivity index (χ3n) is 2.93. The molecule has 1 aromatic heterocycles. The second-order valence-electron chi connectivity index (χ2n) is 4.31. The second-order valence-corrected chi connectivity index (χ2v) is 4.31. The average Bonchev–Trinajstić information content (AvgIpc) is 2.58. The summed E-state index contributed by atoms with van der Waals surface area (Å²) in [5, 5.41) is 6.26. The lowest BCUT2D eigenvalue weighted by molar-refractivity contribution is 0.0935. The summed E-state index contributed by atoms with van der Waals surface area (Å²) in [6.07, 6.45) is 4.73. The Morgan fingerprint density at radius 3 is 3.00 bits per heavy atom. The molecule has 0 radical (unpaired) electrons. The molecule has 2 rings (SSSR count). The number of H-pyrrole nitrogens is 1. The Kier molecular flexibility index (Phi) is 3.93. The van der Waals surface area contributed by atoms with Crippen molar-refractivity contribution in [3.05, 3.63) is 34.2 Å². The van der Waals surface area contributed by atoms with Crippen LogP contribution in [0.25, 0.3) is 0 Å². The molecule has 2 heterocycles. The SMILES string of the molecule is O=C(NC1CCCCNC1)c1ccc(=O)[nH]c1. The summed E-state index contributed by atoms with van der Waals surface area (Å²) in [5.74, 6) is -0.130. The van der Waals surface area contributed by atoms with Crippen LogP contribution in [0.15, 0.2) is 23.1 Å². The van der Waals surface area contributed by atoms with Crippen LogP contribution in [0.2, 0.25) is 0 Å². The molecular formula is C12H17N3O2. The molecule has 17 heavy (non-hydrogen) atoms. The van der Waals surface area contributed by atoms with Gasteiger partial charge in [-0.2, -0.15) is 0 Å². The molecule has 0 spiro atoms. The lowest BCUT2D eigenvalue weighted by Gasteiger charge is -2.16. The van der Waals surface area contributed by atoms with E-state index in [4.69, 9.17) is 0 Å². The van der Waals surface area contributed by atoms with E-state index in [0.717, 1.165) is 32.4 Å². The molecule has 1 atom stereocenters. The van der Waals surface area contributed by atoms with Crippen LogP contribution in [0.1, 0.15) is 29.6 Å². The Balaban J connectivity index is 1.95. The minimum Gasteiger partial charge on any atom is -0.348 e. The maximum Gasteiger partial charge on any atom is 0.253 e. The van der Waals surface area contributed by atoms with Gasteiger partial charge in [0.05, 0.1) is 5.56 Å². The van der Waals surface area contributed by atoms with Crippen molar-refractivity contribution in [2.75, 3.05) is 13.1 Å². The van der Waals surface area contributed by atoms with Gasteiger partial charge in [0.1, 0.15) is 0 Å². The molecule has 0 aromatic carbocycles. The molecular weight excluding hydrogens is 218 g/mol. The van der Waals surface area contributed by atoms with E-state index in [-0.39, 0.29) is 17.5 Å². The largest absolute Gasteiger partial charge is 0.348 e. The van der Waals surface area contributed by atoms with Crippen LogP contribution in [0.4, 0.5) is 0 Å². The molecule has 92 valence electrons. The number of hydrogen-bond acceptors (Lipinski definition) is 3. The van der Waals surface area contributed by atoms with Crippen molar-refractivity contribution in [3.8, 4) is 0 Å². The van der Waals surface area contributed by atoms with Crippen LogP contribution in [0.3, 0.4) is 0 Å². The van der Waals surface area contributed by atoms with Crippen molar-refractivity contribution in [2.45, 2.75) is 25.3 Å². The van der Waals surface area contributed by atoms with E-state index in [1.807, 2.05) is 0 Å². The second kappa shape index (κ2) is 5.63. The fourth-order valence-corrected chi connectivity index (χ4v) is 1.96. The zero-order valence-corrected chi connectivity index (χ0v) is 9.66. The molecule has 0 saturated carbocycles. The van der Waals surface area contributed by atoms with Gasteiger partial charge in [-0.15, -0.1) is 0 Å². The van der Waals surface area contributed by atoms with Crippen molar-refractivity contribution < 1.29 is 4.79 Å². The van der Waals surface area contributed by atoms with Gasteiger partial charge in [0.15, 0.2) is 0 Å². The van der Waals surface area contributed by atoms with Crippen molar-refractivity contribution in [1.29, 1.82) is 0 Å². The van der Waals surface area contributed by atoms with Crippen LogP contribution in [0.5, 0.6) is 0 Å². The molecule has 0 bridgehead atoms. The predicted molar refractivity (Wildman–Crippen MR) is 65.0 cm³/mol. The highest BCUT2D eigenvalue weighted by Gasteiger charge is 2.15. The lowest BCUT2D eigenvalue weighted by Crippen LogP contribution is -2.40. The summed E-state index contributed by atoms with van der Waals surface area (Å²) < 4.78 is 0. The maximum atomic E-state index is 11.9. The number of carbonyl (C=O) groups excluding carboxylic acids is 1. The van der Waals surface area contributed by atoms with E-state index in [1.165, 1.54) is 18.3 Å². The molecule has 5 nitrogen and oxygen atoms in total. The minimum atomic E-state index is -0.197. The van der Waals surface area contributed by atoms with Crippen LogP contribution >= 0.6 is 0 Å². The number of aromatic amines is 1. The highest BCUT2D eigenvalue weighted by molar-refractivity contribution is 5.94. The van der Waals surface area contributed by atoms with E-state index in [9.17, 15) is 9.59 Å². The number of hydrogen-bond donors (Lipinski definition) is 3. The van der Waals surface area contributed by atoms with Gasteiger partial charge in [-0.1, -0.05) is 6.42 Å². The summed E-state index contributed by atoms with van der Waals surface area (Å²) in [5.41, 5.74) is 0.298. The van der Waals surface area contributed by atoms with E-state index in [2.05, 4.69) is 15.6 Å². The zero-order chi connectivity index (χ0) is 12.1. The Bertz CT molecular complexity index is 413. The predicted octanol–water partition coefficient (Wildman–Crippen LogP) is 0.247. The Morgan fingerprint density at radius 2 is 2.24 bits per heavy atom. The Hall–Kier alpha value is -1.62. The van der Waals surface area contributed by atoms with Crippen molar-refractivity contribution in [1.82, 2.24) is 15.6 Å². The molecule has 3 N–H and O–H groups in total. The van der Waals surface area contributed by atoms with Gasteiger partial charge in [0.2, 0.25) is 5.56 Å². The fraction of sp³-hybridized carbons (Fsp3) is 0.500. The molecule has 1 fully saturated rings. The van der Waals surface area contributed by atoms with Crippen molar-refractivity contribution in [2.24, 2.45) is 0 Å². The Labute approximate surface area is 99.6 Å². The van der Waals surface area contributed by atoms with Crippen LogP contribution in [-0.4, -0.2) is 30.0 Å². The average molecular weight is 235 g/mol. The molecule has 1 aliphatic heterocycles. The van der Waals surface area contributed by atoms with Gasteiger partial charge in [0, 0.05) is 24.8 Å². The summed E-state index contributed by atoms with van der Waals surface area (Å²) in [6.45, 7) is 1.83. The first kappa shape index (κ1) is 11.9. The third-order valence-corrected chi connectivity index (χ3v) is 2.93. The van der Waals surface area contributed by atoms with Gasteiger partial charge in [-0.3, -0.25) is 9.59 Å². The standard InChI is InChI=1S/C12H17N3O2/c16-11-5-4-9(7-14-11)12(17)15-10-3-1-2-6-13-8-10/h4-5,7,10,13H,1-3,6,8H2,(H,14,16)(H,15,17). The van der Waals surface area contributed by atoms with Gasteiger partial charge < -0.3 is 15.6 Å². The van der Waals surface area contributed by atoms with E-state index in [1.54, 1.807) is 0 Å². The normalized spacial score (nSPS) is 20.6. The van der Waals surface area contributed by atoms with E-state index >= 15 is 0 Å². The molecule has 1 saturated heterocycles. The van der Waals surface area contributed by atoms with Crippen molar-refractivity contribution in [3.63, 3.8) is 0 Å². The first-order valence-electron chi connectivity index (χ1n) is 5.96. The zero-order valence-electron chi connectivity index (χ0n) is 9.66. The summed E-state index contributed by atoms with van der Waals surface area (Å²) in [7, 11) is 0. The number of rotatable bonds is 2. The number of amides is 1. The summed E-state index contributed by atoms with van der Waals surface area (Å²) in [4.78, 5) is 25.3. The minimum absolute atomic E-state index is 0.130. The molecule has 5 heteroatoms. The van der Waals surface area contributed by atoms with Gasteiger partial charge >= 0.3 is 0 Å². The molecule has 0 aliphatic carbocycles. The lowest BCUT2D eigenvalue weighted by atomic mass is 10.1. The van der Waals surface area contributed by atoms with Gasteiger partial charge in [-0.25, -0.2) is 0 Å². The molecule has 1 aliphatic rings. The number of pyridine rings is 1. The molecule has 1 amide bonds. The topological polar surface area (TPSA) is 74.0 Å². The van der Waals surface area contributed by atoms with Crippen LogP contribution in [-0.2, 0) is 0 Å². The third kappa shape index (κ3) is 3.42. The van der Waals surface area contributed by atoms with E-state index in [0.29, 0.717) is 5.56 Å². The maximum absolute atomic E-state index is 11.9. The fourth-order valence-electron chi connectivity index (χ4n) is 1.96. The van der Waals surface area contributed by atoms with Crippen LogP contribution in [0, 0.1) is 0 Å². The summed E-state index contributed by atoms with van der Waals surface area (Å²) in [6, 6.07) is 3.08. The summed E-state index contributed by atoms with van der Waals surface area (Å²) >= 11 is 0. The van der Waals surface area contributed by atoms with Gasteiger partial charge in [-0.05, 0) is 25.5 Å². The molecule has 1 unspecified atom stereocenters. The van der Waals surface area contributed by atoms with E-state index < -0.39 is 0 Å². The first-order chi connectivity index (χ1) is 8.25. The highest BCUT2D eigenvalue weighted by atomic mass is 16.2. The number of aromatic nitrogens is 1. The number of carbonyl (C=O) groups is 1. The first-order valence-corrected chi connectivity index (χ1v) is 5.96. The Morgan fingerprint density at radius 1 is 1.35 bits per heavy atom. The van der Waals surface area contributed by atoms with Crippen LogP contribution < -0.4 is 16.2 Å². The quantitative estimate of drug-likeness (QED) is 0.687. The molecule has 1 aromatic rings. The number of nitrogens with one attached hydrogen (secondary N) is 3. The highest BCUT2D eigenvalue weighted by Crippen LogP contribution is 2.05. The van der Waals surface area contributed by atoms with Gasteiger partial charge in [0.25, 0.3) is 5.91 Å².